The zero-order chi connectivity index (χ0) is 12.8. The predicted molar refractivity (Wildman–Crippen MR) is 64.6 cm³/mol. The van der Waals surface area contributed by atoms with Gasteiger partial charge in [-0.25, -0.2) is 8.42 Å². The molecule has 16 heavy (non-hydrogen) atoms. The van der Waals surface area contributed by atoms with Crippen LogP contribution in [0.25, 0.3) is 0 Å². The van der Waals surface area contributed by atoms with Crippen molar-refractivity contribution in [2.45, 2.75) is 39.7 Å². The average molecular weight is 250 g/mol. The molecule has 0 aliphatic carbocycles. The van der Waals surface area contributed by atoms with E-state index in [0.29, 0.717) is 0 Å². The van der Waals surface area contributed by atoms with E-state index >= 15 is 0 Å². The van der Waals surface area contributed by atoms with Gasteiger partial charge in [0, 0.05) is 13.1 Å². The quantitative estimate of drug-likeness (QED) is 0.718. The Balaban J connectivity index is 4.16. The average Bonchev–Trinajstić information content (AvgIpc) is 2.17. The Labute approximate surface area is 98.3 Å². The summed E-state index contributed by atoms with van der Waals surface area (Å²) >= 11 is 0. The lowest BCUT2D eigenvalue weighted by Crippen LogP contribution is -2.42. The van der Waals surface area contributed by atoms with Crippen molar-refractivity contribution >= 4 is 15.9 Å². The number of sulfonamides is 1. The normalized spacial score (nSPS) is 13.8. The number of likely N-dealkylation sites (N-methyl/N-ethyl adjacent to an activating group) is 1. The van der Waals surface area contributed by atoms with Gasteiger partial charge in [0.2, 0.25) is 15.9 Å². The maximum absolute atomic E-state index is 11.5. The molecule has 0 aliphatic rings. The molecule has 0 radical (unpaired) electrons. The van der Waals surface area contributed by atoms with Crippen molar-refractivity contribution < 1.29 is 13.2 Å². The molecule has 1 N–H and O–H groups in total. The molecule has 1 atom stereocenters. The first kappa shape index (κ1) is 15.4. The first-order valence-corrected chi connectivity index (χ1v) is 7.17. The molecule has 0 unspecified atom stereocenters. The number of carbonyl (C=O) groups excluding carboxylic acids is 1. The summed E-state index contributed by atoms with van der Waals surface area (Å²) in [5, 5.41) is 2.76. The van der Waals surface area contributed by atoms with Crippen LogP contribution in [0.5, 0.6) is 0 Å². The fraction of sp³-hybridized carbons (Fsp3) is 0.900. The van der Waals surface area contributed by atoms with Gasteiger partial charge in [0.1, 0.15) is 0 Å². The van der Waals surface area contributed by atoms with Gasteiger partial charge in [0.25, 0.3) is 0 Å². The zero-order valence-corrected chi connectivity index (χ0v) is 11.3. The fourth-order valence-electron chi connectivity index (χ4n) is 1.35. The van der Waals surface area contributed by atoms with Crippen LogP contribution in [-0.4, -0.2) is 44.0 Å². The van der Waals surface area contributed by atoms with Crippen molar-refractivity contribution in [2.75, 3.05) is 19.3 Å². The van der Waals surface area contributed by atoms with Gasteiger partial charge in [-0.3, -0.25) is 4.79 Å². The lowest BCUT2D eigenvalue weighted by molar-refractivity contribution is -0.121. The van der Waals surface area contributed by atoms with Crippen molar-refractivity contribution in [2.24, 2.45) is 0 Å². The highest BCUT2D eigenvalue weighted by Crippen LogP contribution is 1.98. The second kappa shape index (κ2) is 6.85. The minimum atomic E-state index is -3.27. The molecule has 0 aliphatic heterocycles. The highest BCUT2D eigenvalue weighted by atomic mass is 32.2. The van der Waals surface area contributed by atoms with Gasteiger partial charge in [-0.15, -0.1) is 0 Å². The standard InChI is InChI=1S/C10H22N2O3S/c1-5-7-9(3)11-10(13)8-12(4)16(14,15)6-2/h9H,5-8H2,1-4H3,(H,11,13)/t9-/m0/s1. The molecule has 0 spiro atoms. The summed E-state index contributed by atoms with van der Waals surface area (Å²) in [6.45, 7) is 5.40. The van der Waals surface area contributed by atoms with Crippen LogP contribution in [0.1, 0.15) is 33.6 Å². The number of amides is 1. The Morgan fingerprint density at radius 2 is 1.94 bits per heavy atom. The molecule has 0 heterocycles. The van der Waals surface area contributed by atoms with E-state index in [1.54, 1.807) is 6.92 Å². The molecule has 0 aromatic rings. The molecule has 0 bridgehead atoms. The number of nitrogens with one attached hydrogen (secondary N) is 1. The maximum Gasteiger partial charge on any atom is 0.235 e. The van der Waals surface area contributed by atoms with Gasteiger partial charge in [0.05, 0.1) is 12.3 Å². The Morgan fingerprint density at radius 3 is 2.38 bits per heavy atom. The van der Waals surface area contributed by atoms with Crippen LogP contribution in [0, 0.1) is 0 Å². The molecule has 0 rings (SSSR count). The van der Waals surface area contributed by atoms with E-state index in [1.807, 2.05) is 13.8 Å². The summed E-state index contributed by atoms with van der Waals surface area (Å²) < 4.78 is 23.9. The van der Waals surface area contributed by atoms with Gasteiger partial charge >= 0.3 is 0 Å². The summed E-state index contributed by atoms with van der Waals surface area (Å²) in [5.74, 6) is -0.234. The van der Waals surface area contributed by atoms with Crippen LogP contribution in [0.4, 0.5) is 0 Å². The minimum Gasteiger partial charge on any atom is -0.353 e. The monoisotopic (exact) mass is 250 g/mol. The SMILES string of the molecule is CCC[C@H](C)NC(=O)CN(C)S(=O)(=O)CC. The van der Waals surface area contributed by atoms with Crippen LogP contribution in [0.3, 0.4) is 0 Å². The van der Waals surface area contributed by atoms with E-state index < -0.39 is 10.0 Å². The first-order valence-electron chi connectivity index (χ1n) is 5.56. The van der Waals surface area contributed by atoms with Gasteiger partial charge < -0.3 is 5.32 Å². The highest BCUT2D eigenvalue weighted by molar-refractivity contribution is 7.89. The van der Waals surface area contributed by atoms with E-state index in [1.165, 1.54) is 7.05 Å². The van der Waals surface area contributed by atoms with Gasteiger partial charge in [0.15, 0.2) is 0 Å². The van der Waals surface area contributed by atoms with Crippen molar-refractivity contribution in [1.29, 1.82) is 0 Å². The van der Waals surface area contributed by atoms with E-state index in [2.05, 4.69) is 5.32 Å². The molecular formula is C10H22N2O3S. The van der Waals surface area contributed by atoms with Gasteiger partial charge in [-0.2, -0.15) is 4.31 Å². The lowest BCUT2D eigenvalue weighted by Gasteiger charge is -2.18. The summed E-state index contributed by atoms with van der Waals surface area (Å²) in [6.07, 6.45) is 1.89. The third-order valence-corrected chi connectivity index (χ3v) is 4.14. The van der Waals surface area contributed by atoms with Crippen LogP contribution < -0.4 is 5.32 Å². The third-order valence-electron chi connectivity index (χ3n) is 2.34. The van der Waals surface area contributed by atoms with E-state index in [9.17, 15) is 13.2 Å². The van der Waals surface area contributed by atoms with E-state index in [0.717, 1.165) is 17.1 Å². The van der Waals surface area contributed by atoms with Crippen molar-refractivity contribution in [3.63, 3.8) is 0 Å². The summed E-state index contributed by atoms with van der Waals surface area (Å²) in [5.41, 5.74) is 0. The third kappa shape index (κ3) is 5.46. The van der Waals surface area contributed by atoms with Gasteiger partial charge in [-0.1, -0.05) is 13.3 Å². The van der Waals surface area contributed by atoms with Crippen LogP contribution in [0.15, 0.2) is 0 Å². The molecule has 0 saturated heterocycles. The molecule has 96 valence electrons. The topological polar surface area (TPSA) is 66.5 Å². The molecule has 0 aromatic heterocycles. The minimum absolute atomic E-state index is 0.0152. The number of hydrogen-bond acceptors (Lipinski definition) is 3. The predicted octanol–water partition coefficient (Wildman–Crippen LogP) is 0.573. The summed E-state index contributed by atoms with van der Waals surface area (Å²) in [6, 6.07) is 0.0928. The van der Waals surface area contributed by atoms with Crippen molar-refractivity contribution in [3.05, 3.63) is 0 Å². The lowest BCUT2D eigenvalue weighted by atomic mass is 10.2. The number of rotatable bonds is 7. The number of nitrogens with zero attached hydrogens (tertiary/aromatic N) is 1. The maximum atomic E-state index is 11.5. The van der Waals surface area contributed by atoms with Crippen LogP contribution in [0.2, 0.25) is 0 Å². The Kier molecular flexibility index (Phi) is 6.59. The summed E-state index contributed by atoms with van der Waals surface area (Å²) in [7, 11) is -1.85. The summed E-state index contributed by atoms with van der Waals surface area (Å²) in [4.78, 5) is 11.5. The number of carbonyl (C=O) groups is 1. The molecule has 6 heteroatoms. The Morgan fingerprint density at radius 1 is 1.38 bits per heavy atom. The largest absolute Gasteiger partial charge is 0.353 e. The molecule has 5 nitrogen and oxygen atoms in total. The van der Waals surface area contributed by atoms with Gasteiger partial charge in [-0.05, 0) is 20.3 Å². The molecular weight excluding hydrogens is 228 g/mol. The van der Waals surface area contributed by atoms with Crippen molar-refractivity contribution in [3.8, 4) is 0 Å². The molecule has 1 amide bonds. The van der Waals surface area contributed by atoms with Crippen LogP contribution >= 0.6 is 0 Å². The second-order valence-electron chi connectivity index (χ2n) is 3.91. The smallest absolute Gasteiger partial charge is 0.235 e. The number of hydrogen-bond donors (Lipinski definition) is 1. The fourth-order valence-corrected chi connectivity index (χ4v) is 2.10. The van der Waals surface area contributed by atoms with E-state index in [-0.39, 0.29) is 24.2 Å². The Hall–Kier alpha value is -0.620. The Bertz CT molecular complexity index is 314. The van der Waals surface area contributed by atoms with E-state index in [4.69, 9.17) is 0 Å². The van der Waals surface area contributed by atoms with Crippen molar-refractivity contribution in [1.82, 2.24) is 9.62 Å². The highest BCUT2D eigenvalue weighted by Gasteiger charge is 2.18. The van der Waals surface area contributed by atoms with Crippen LogP contribution in [-0.2, 0) is 14.8 Å². The second-order valence-corrected chi connectivity index (χ2v) is 6.28. The zero-order valence-electron chi connectivity index (χ0n) is 10.5. The molecule has 0 saturated carbocycles. The first-order chi connectivity index (χ1) is 7.33. The molecule has 0 aromatic carbocycles. The molecule has 0 fully saturated rings.